The number of piperidine rings is 1. The number of carbonyl (C=O) groups is 1. The summed E-state index contributed by atoms with van der Waals surface area (Å²) in [6.45, 7) is 9.52. The maximum absolute atomic E-state index is 11.9. The Morgan fingerprint density at radius 2 is 2.00 bits per heavy atom. The Hall–Kier alpha value is -0.610. The molecule has 1 saturated heterocycles. The lowest BCUT2D eigenvalue weighted by Crippen LogP contribution is -2.38. The second kappa shape index (κ2) is 10.2. The van der Waals surface area contributed by atoms with Crippen LogP contribution in [0.1, 0.15) is 52.4 Å². The van der Waals surface area contributed by atoms with Crippen molar-refractivity contribution in [3.05, 3.63) is 0 Å². The van der Waals surface area contributed by atoms with Crippen LogP contribution in [0.5, 0.6) is 0 Å². The first kappa shape index (κ1) is 17.4. The number of likely N-dealkylation sites (tertiary alicyclic amines) is 1. The van der Waals surface area contributed by atoms with E-state index in [1.165, 1.54) is 25.9 Å². The second-order valence-electron chi connectivity index (χ2n) is 6.07. The van der Waals surface area contributed by atoms with Crippen molar-refractivity contribution in [3.8, 4) is 0 Å². The summed E-state index contributed by atoms with van der Waals surface area (Å²) < 4.78 is 0. The minimum Gasteiger partial charge on any atom is -0.356 e. The Kier molecular flexibility index (Phi) is 8.86. The average molecular weight is 283 g/mol. The minimum absolute atomic E-state index is 0.221. The zero-order valence-corrected chi connectivity index (χ0v) is 13.4. The highest BCUT2D eigenvalue weighted by molar-refractivity contribution is 5.75. The van der Waals surface area contributed by atoms with Crippen LogP contribution < -0.4 is 11.1 Å². The molecule has 0 aliphatic carbocycles. The van der Waals surface area contributed by atoms with E-state index < -0.39 is 0 Å². The second-order valence-corrected chi connectivity index (χ2v) is 6.07. The van der Waals surface area contributed by atoms with Crippen molar-refractivity contribution in [3.63, 3.8) is 0 Å². The quantitative estimate of drug-likeness (QED) is 0.680. The molecule has 0 spiro atoms. The van der Waals surface area contributed by atoms with E-state index in [-0.39, 0.29) is 5.91 Å². The highest BCUT2D eigenvalue weighted by Gasteiger charge is 2.18. The van der Waals surface area contributed by atoms with E-state index in [9.17, 15) is 4.79 Å². The molecule has 1 unspecified atom stereocenters. The summed E-state index contributed by atoms with van der Waals surface area (Å²) in [6, 6.07) is 0. The fraction of sp³-hybridized carbons (Fsp3) is 0.938. The van der Waals surface area contributed by atoms with Crippen LogP contribution in [0.2, 0.25) is 0 Å². The number of carbonyl (C=O) groups excluding carboxylic acids is 1. The van der Waals surface area contributed by atoms with Crippen LogP contribution in [0.4, 0.5) is 0 Å². The van der Waals surface area contributed by atoms with Crippen molar-refractivity contribution in [2.75, 3.05) is 32.7 Å². The molecule has 4 nitrogen and oxygen atoms in total. The molecule has 1 fully saturated rings. The first-order valence-electron chi connectivity index (χ1n) is 8.38. The van der Waals surface area contributed by atoms with Gasteiger partial charge in [-0.2, -0.15) is 0 Å². The lowest BCUT2D eigenvalue weighted by molar-refractivity contribution is -0.121. The third-order valence-electron chi connectivity index (χ3n) is 4.67. The molecule has 1 amide bonds. The summed E-state index contributed by atoms with van der Waals surface area (Å²) in [7, 11) is 0. The Bertz CT molecular complexity index is 262. The van der Waals surface area contributed by atoms with Gasteiger partial charge in [-0.25, -0.2) is 0 Å². The molecule has 1 aliphatic heterocycles. The van der Waals surface area contributed by atoms with Crippen LogP contribution in [0.3, 0.4) is 0 Å². The Morgan fingerprint density at radius 1 is 1.30 bits per heavy atom. The van der Waals surface area contributed by atoms with Gasteiger partial charge in [-0.1, -0.05) is 20.3 Å². The molecule has 20 heavy (non-hydrogen) atoms. The molecule has 4 heteroatoms. The van der Waals surface area contributed by atoms with Crippen LogP contribution in [0.15, 0.2) is 0 Å². The van der Waals surface area contributed by atoms with Gasteiger partial charge in [-0.05, 0) is 63.7 Å². The van der Waals surface area contributed by atoms with Crippen LogP contribution in [-0.2, 0) is 4.79 Å². The van der Waals surface area contributed by atoms with Gasteiger partial charge in [0.1, 0.15) is 0 Å². The standard InChI is InChI=1S/C16H33N3O/c1-3-14(7-10-17)5-6-16(20)18-13-15-8-11-19(4-2)12-9-15/h14-15H,3-13,17H2,1-2H3,(H,18,20). The van der Waals surface area contributed by atoms with Gasteiger partial charge in [-0.3, -0.25) is 4.79 Å². The van der Waals surface area contributed by atoms with E-state index in [0.29, 0.717) is 18.3 Å². The number of amides is 1. The fourth-order valence-corrected chi connectivity index (χ4v) is 2.98. The van der Waals surface area contributed by atoms with Crippen LogP contribution in [0, 0.1) is 11.8 Å². The molecule has 1 aliphatic rings. The fourth-order valence-electron chi connectivity index (χ4n) is 2.98. The van der Waals surface area contributed by atoms with E-state index >= 15 is 0 Å². The molecule has 0 bridgehead atoms. The van der Waals surface area contributed by atoms with Crippen molar-refractivity contribution in [2.45, 2.75) is 52.4 Å². The molecular formula is C16H33N3O. The summed E-state index contributed by atoms with van der Waals surface area (Å²) in [5.41, 5.74) is 5.59. The summed E-state index contributed by atoms with van der Waals surface area (Å²) >= 11 is 0. The van der Waals surface area contributed by atoms with Crippen molar-refractivity contribution in [1.29, 1.82) is 0 Å². The molecule has 1 heterocycles. The largest absolute Gasteiger partial charge is 0.356 e. The Labute approximate surface area is 124 Å². The van der Waals surface area contributed by atoms with Crippen molar-refractivity contribution < 1.29 is 4.79 Å². The first-order valence-corrected chi connectivity index (χ1v) is 8.38. The zero-order valence-electron chi connectivity index (χ0n) is 13.4. The van der Waals surface area contributed by atoms with Gasteiger partial charge < -0.3 is 16.0 Å². The molecule has 3 N–H and O–H groups in total. The van der Waals surface area contributed by atoms with Gasteiger partial charge >= 0.3 is 0 Å². The average Bonchev–Trinajstić information content (AvgIpc) is 2.49. The maximum Gasteiger partial charge on any atom is 0.220 e. The number of nitrogens with zero attached hydrogens (tertiary/aromatic N) is 1. The number of nitrogens with two attached hydrogens (primary N) is 1. The Balaban J connectivity index is 2.11. The smallest absolute Gasteiger partial charge is 0.220 e. The van der Waals surface area contributed by atoms with Crippen molar-refractivity contribution in [1.82, 2.24) is 10.2 Å². The first-order chi connectivity index (χ1) is 9.69. The van der Waals surface area contributed by atoms with Crippen molar-refractivity contribution >= 4 is 5.91 Å². The van der Waals surface area contributed by atoms with Gasteiger partial charge in [0.05, 0.1) is 0 Å². The van der Waals surface area contributed by atoms with Gasteiger partial charge in [-0.15, -0.1) is 0 Å². The topological polar surface area (TPSA) is 58.4 Å². The molecule has 1 atom stereocenters. The minimum atomic E-state index is 0.221. The number of rotatable bonds is 9. The third kappa shape index (κ3) is 6.71. The summed E-state index contributed by atoms with van der Waals surface area (Å²) in [5.74, 6) is 1.50. The highest BCUT2D eigenvalue weighted by atomic mass is 16.1. The molecular weight excluding hydrogens is 250 g/mol. The predicted molar refractivity (Wildman–Crippen MR) is 84.5 cm³/mol. The zero-order chi connectivity index (χ0) is 14.8. The van der Waals surface area contributed by atoms with E-state index in [2.05, 4.69) is 24.1 Å². The molecule has 1 rings (SSSR count). The third-order valence-corrected chi connectivity index (χ3v) is 4.67. The lowest BCUT2D eigenvalue weighted by Gasteiger charge is -2.31. The van der Waals surface area contributed by atoms with Crippen molar-refractivity contribution in [2.24, 2.45) is 17.6 Å². The normalized spacial score (nSPS) is 18.9. The Morgan fingerprint density at radius 3 is 2.55 bits per heavy atom. The number of hydrogen-bond acceptors (Lipinski definition) is 3. The summed E-state index contributed by atoms with van der Waals surface area (Å²) in [5, 5.41) is 3.12. The number of hydrogen-bond donors (Lipinski definition) is 2. The predicted octanol–water partition coefficient (Wildman–Crippen LogP) is 1.99. The molecule has 0 radical (unpaired) electrons. The molecule has 0 aromatic carbocycles. The summed E-state index contributed by atoms with van der Waals surface area (Å²) in [6.07, 6.45) is 6.25. The van der Waals surface area contributed by atoms with Gasteiger partial charge in [0.2, 0.25) is 5.91 Å². The van der Waals surface area contributed by atoms with E-state index in [4.69, 9.17) is 5.73 Å². The monoisotopic (exact) mass is 283 g/mol. The van der Waals surface area contributed by atoms with Crippen LogP contribution >= 0.6 is 0 Å². The van der Waals surface area contributed by atoms with Gasteiger partial charge in [0.25, 0.3) is 0 Å². The molecule has 0 aromatic rings. The maximum atomic E-state index is 11.9. The van der Waals surface area contributed by atoms with E-state index in [1.807, 2.05) is 0 Å². The SMILES string of the molecule is CCC(CCN)CCC(=O)NCC1CCN(CC)CC1. The van der Waals surface area contributed by atoms with Gasteiger partial charge in [0.15, 0.2) is 0 Å². The summed E-state index contributed by atoms with van der Waals surface area (Å²) in [4.78, 5) is 14.4. The lowest BCUT2D eigenvalue weighted by atomic mass is 9.95. The molecule has 0 aromatic heterocycles. The molecule has 0 saturated carbocycles. The highest BCUT2D eigenvalue weighted by Crippen LogP contribution is 2.17. The van der Waals surface area contributed by atoms with E-state index in [0.717, 1.165) is 38.9 Å². The number of nitrogens with one attached hydrogen (secondary N) is 1. The van der Waals surface area contributed by atoms with Crippen LogP contribution in [0.25, 0.3) is 0 Å². The van der Waals surface area contributed by atoms with Gasteiger partial charge in [0, 0.05) is 13.0 Å². The molecule has 118 valence electrons. The van der Waals surface area contributed by atoms with Crippen LogP contribution in [-0.4, -0.2) is 43.5 Å². The van der Waals surface area contributed by atoms with E-state index in [1.54, 1.807) is 0 Å².